The zero-order chi connectivity index (χ0) is 24.5. The van der Waals surface area contributed by atoms with Crippen LogP contribution < -0.4 is 14.5 Å². The number of hydrogen-bond acceptors (Lipinski definition) is 10. The lowest BCUT2D eigenvalue weighted by Crippen LogP contribution is -2.57. The standard InChI is InChI=1S/C23H30N6O4S/c1-22(2,30)29(23(3,4)31)21-26-18-17(19(27-21)28-10-12-34(32)13-11-28)24-15-25-20(18)33-14-16-8-6-5-7-9-16/h5-9,15,30-31H,10-14H2,1-4H3. The Labute approximate surface area is 201 Å². The fourth-order valence-corrected chi connectivity index (χ4v) is 5.11. The maximum atomic E-state index is 11.9. The highest BCUT2D eigenvalue weighted by atomic mass is 32.2. The molecule has 0 unspecified atom stereocenters. The zero-order valence-corrected chi connectivity index (χ0v) is 20.6. The average Bonchev–Trinajstić information content (AvgIpc) is 2.76. The Morgan fingerprint density at radius 2 is 1.65 bits per heavy atom. The molecule has 1 aliphatic heterocycles. The predicted octanol–water partition coefficient (Wildman–Crippen LogP) is 1.83. The van der Waals surface area contributed by atoms with Gasteiger partial charge >= 0.3 is 0 Å². The van der Waals surface area contributed by atoms with E-state index < -0.39 is 22.6 Å². The minimum atomic E-state index is -1.48. The van der Waals surface area contributed by atoms with Gasteiger partial charge in [-0.1, -0.05) is 41.5 Å². The third kappa shape index (κ3) is 5.33. The third-order valence-electron chi connectivity index (χ3n) is 5.41. The van der Waals surface area contributed by atoms with Crippen molar-refractivity contribution >= 4 is 34.0 Å². The molecule has 2 aromatic heterocycles. The van der Waals surface area contributed by atoms with Crippen molar-refractivity contribution in [2.75, 3.05) is 34.4 Å². The van der Waals surface area contributed by atoms with Gasteiger partial charge in [0.1, 0.15) is 41.4 Å². The second kappa shape index (κ2) is 9.49. The van der Waals surface area contributed by atoms with Gasteiger partial charge < -0.3 is 24.4 Å². The van der Waals surface area contributed by atoms with Crippen LogP contribution in [0.1, 0.15) is 33.3 Å². The lowest BCUT2D eigenvalue weighted by Gasteiger charge is -2.42. The topological polar surface area (TPSA) is 131 Å². The first-order chi connectivity index (χ1) is 16.0. The van der Waals surface area contributed by atoms with Crippen molar-refractivity contribution in [1.82, 2.24) is 19.9 Å². The summed E-state index contributed by atoms with van der Waals surface area (Å²) in [5.74, 6) is 1.93. The SMILES string of the molecule is CC(C)(O)N(c1nc(N2CC[S+]([O-])CC2)c2ncnc(OCc3ccccc3)c2n1)C(C)(C)O. The van der Waals surface area contributed by atoms with E-state index in [0.717, 1.165) is 5.56 Å². The van der Waals surface area contributed by atoms with Gasteiger partial charge in [-0.15, -0.1) is 0 Å². The summed E-state index contributed by atoms with van der Waals surface area (Å²) in [6, 6.07) is 9.70. The smallest absolute Gasteiger partial charge is 0.244 e. The molecule has 3 aromatic rings. The molecule has 1 aliphatic rings. The molecule has 182 valence electrons. The first kappa shape index (κ1) is 24.4. The van der Waals surface area contributed by atoms with E-state index in [1.807, 2.05) is 35.2 Å². The molecule has 0 saturated carbocycles. The summed E-state index contributed by atoms with van der Waals surface area (Å²) in [6.07, 6.45) is 1.40. The van der Waals surface area contributed by atoms with Crippen LogP contribution in [-0.4, -0.2) is 70.7 Å². The van der Waals surface area contributed by atoms with E-state index in [0.29, 0.717) is 41.4 Å². The van der Waals surface area contributed by atoms with Gasteiger partial charge in [0.2, 0.25) is 11.8 Å². The van der Waals surface area contributed by atoms with Crippen LogP contribution in [0.25, 0.3) is 11.0 Å². The van der Waals surface area contributed by atoms with Crippen LogP contribution in [0.3, 0.4) is 0 Å². The predicted molar refractivity (Wildman–Crippen MR) is 131 cm³/mol. The summed E-state index contributed by atoms with van der Waals surface area (Å²) >= 11 is -0.872. The van der Waals surface area contributed by atoms with Gasteiger partial charge in [-0.3, -0.25) is 4.90 Å². The van der Waals surface area contributed by atoms with Crippen LogP contribution in [-0.2, 0) is 17.8 Å². The molecule has 10 nitrogen and oxygen atoms in total. The number of nitrogens with zero attached hydrogens (tertiary/aromatic N) is 6. The molecule has 34 heavy (non-hydrogen) atoms. The van der Waals surface area contributed by atoms with Crippen molar-refractivity contribution in [3.05, 3.63) is 42.2 Å². The number of rotatable bonds is 7. The summed E-state index contributed by atoms with van der Waals surface area (Å²) in [5, 5.41) is 21.7. The Kier molecular flexibility index (Phi) is 6.81. The van der Waals surface area contributed by atoms with Crippen molar-refractivity contribution < 1.29 is 19.5 Å². The normalized spacial score (nSPS) is 15.6. The van der Waals surface area contributed by atoms with Crippen LogP contribution in [0.15, 0.2) is 36.7 Å². The number of anilines is 2. The Morgan fingerprint density at radius 1 is 1.00 bits per heavy atom. The van der Waals surface area contributed by atoms with E-state index in [1.54, 1.807) is 27.7 Å². The molecule has 0 atom stereocenters. The van der Waals surface area contributed by atoms with Crippen molar-refractivity contribution in [2.45, 2.75) is 45.8 Å². The lowest BCUT2D eigenvalue weighted by molar-refractivity contribution is -0.0219. The van der Waals surface area contributed by atoms with Crippen LogP contribution in [0.4, 0.5) is 11.8 Å². The molecular weight excluding hydrogens is 456 g/mol. The third-order valence-corrected chi connectivity index (χ3v) is 6.68. The van der Waals surface area contributed by atoms with Gasteiger partial charge in [-0.25, -0.2) is 9.97 Å². The molecule has 0 radical (unpaired) electrons. The van der Waals surface area contributed by atoms with Crippen molar-refractivity contribution in [1.29, 1.82) is 0 Å². The van der Waals surface area contributed by atoms with Crippen LogP contribution in [0.2, 0.25) is 0 Å². The minimum absolute atomic E-state index is 0.105. The van der Waals surface area contributed by atoms with Gasteiger partial charge in [0.05, 0.1) is 13.1 Å². The fraction of sp³-hybridized carbons (Fsp3) is 0.478. The molecule has 1 fully saturated rings. The van der Waals surface area contributed by atoms with Crippen LogP contribution in [0, 0.1) is 0 Å². The number of hydrogen-bond donors (Lipinski definition) is 2. The molecular formula is C23H30N6O4S. The van der Waals surface area contributed by atoms with Crippen LogP contribution >= 0.6 is 0 Å². The molecule has 4 rings (SSSR count). The number of benzene rings is 1. The number of aromatic nitrogens is 4. The van der Waals surface area contributed by atoms with Crippen molar-refractivity contribution in [3.8, 4) is 5.88 Å². The van der Waals surface area contributed by atoms with Gasteiger partial charge in [-0.05, 0) is 33.3 Å². The van der Waals surface area contributed by atoms with E-state index in [2.05, 4.69) is 15.0 Å². The van der Waals surface area contributed by atoms with E-state index in [-0.39, 0.29) is 18.4 Å². The Bertz CT molecular complexity index is 1110. The van der Waals surface area contributed by atoms with E-state index in [4.69, 9.17) is 9.72 Å². The molecule has 11 heteroatoms. The average molecular weight is 487 g/mol. The van der Waals surface area contributed by atoms with Gasteiger partial charge in [-0.2, -0.15) is 9.97 Å². The summed E-state index contributed by atoms with van der Waals surface area (Å²) < 4.78 is 18.0. The summed E-state index contributed by atoms with van der Waals surface area (Å²) in [5.41, 5.74) is -1.14. The second-order valence-corrected chi connectivity index (χ2v) is 10.9. The van der Waals surface area contributed by atoms with E-state index in [1.165, 1.54) is 11.2 Å². The quantitative estimate of drug-likeness (QED) is 0.377. The minimum Gasteiger partial charge on any atom is -0.616 e. The number of fused-ring (bicyclic) bond motifs is 1. The Hall–Kier alpha value is -2.73. The maximum Gasteiger partial charge on any atom is 0.244 e. The highest BCUT2D eigenvalue weighted by molar-refractivity contribution is 7.91. The molecule has 0 spiro atoms. The first-order valence-corrected chi connectivity index (χ1v) is 12.6. The largest absolute Gasteiger partial charge is 0.616 e. The van der Waals surface area contributed by atoms with Gasteiger partial charge in [0.25, 0.3) is 0 Å². The molecule has 1 aromatic carbocycles. The summed E-state index contributed by atoms with van der Waals surface area (Å²) in [6.45, 7) is 7.56. The summed E-state index contributed by atoms with van der Waals surface area (Å²) in [4.78, 5) is 21.4. The fourth-order valence-electron chi connectivity index (χ4n) is 4.06. The maximum absolute atomic E-state index is 11.9. The monoisotopic (exact) mass is 486 g/mol. The molecule has 0 amide bonds. The molecule has 2 N–H and O–H groups in total. The first-order valence-electron chi connectivity index (χ1n) is 11.1. The van der Waals surface area contributed by atoms with Crippen LogP contribution in [0.5, 0.6) is 5.88 Å². The lowest BCUT2D eigenvalue weighted by atomic mass is 10.1. The molecule has 0 aliphatic carbocycles. The highest BCUT2D eigenvalue weighted by Crippen LogP contribution is 2.34. The van der Waals surface area contributed by atoms with E-state index in [9.17, 15) is 14.8 Å². The molecule has 1 saturated heterocycles. The van der Waals surface area contributed by atoms with Gasteiger partial charge in [0, 0.05) is 0 Å². The van der Waals surface area contributed by atoms with E-state index >= 15 is 0 Å². The zero-order valence-electron chi connectivity index (χ0n) is 19.8. The Balaban J connectivity index is 1.85. The van der Waals surface area contributed by atoms with Crippen molar-refractivity contribution in [2.24, 2.45) is 0 Å². The van der Waals surface area contributed by atoms with Gasteiger partial charge in [0.15, 0.2) is 11.3 Å². The highest BCUT2D eigenvalue weighted by Gasteiger charge is 2.38. The Morgan fingerprint density at radius 3 is 2.26 bits per heavy atom. The summed E-state index contributed by atoms with van der Waals surface area (Å²) in [7, 11) is 0. The molecule has 3 heterocycles. The molecule has 0 bridgehead atoms. The van der Waals surface area contributed by atoms with Crippen molar-refractivity contribution in [3.63, 3.8) is 0 Å². The number of aliphatic hydroxyl groups is 2. The number of ether oxygens (including phenoxy) is 1. The second-order valence-electron chi connectivity index (χ2n) is 9.16.